The van der Waals surface area contributed by atoms with Crippen LogP contribution < -0.4 is 0 Å². The number of pyridine rings is 1. The zero-order valence-electron chi connectivity index (χ0n) is 15.4. The van der Waals surface area contributed by atoms with Crippen molar-refractivity contribution in [3.8, 4) is 17.1 Å². The Morgan fingerprint density at radius 1 is 1.04 bits per heavy atom. The van der Waals surface area contributed by atoms with Crippen LogP contribution in [0.15, 0.2) is 65.3 Å². The molecule has 28 heavy (non-hydrogen) atoms. The minimum Gasteiger partial charge on any atom is -0.269 e. The van der Waals surface area contributed by atoms with Gasteiger partial charge in [0.25, 0.3) is 0 Å². The number of rotatable bonds is 5. The van der Waals surface area contributed by atoms with E-state index in [0.717, 1.165) is 28.6 Å². The third kappa shape index (κ3) is 3.38. The van der Waals surface area contributed by atoms with Crippen LogP contribution in [0.3, 0.4) is 0 Å². The van der Waals surface area contributed by atoms with Gasteiger partial charge >= 0.3 is 0 Å². The van der Waals surface area contributed by atoms with Crippen LogP contribution in [0.5, 0.6) is 0 Å². The van der Waals surface area contributed by atoms with E-state index in [1.165, 1.54) is 6.33 Å². The van der Waals surface area contributed by atoms with Crippen LogP contribution in [0.1, 0.15) is 18.2 Å². The predicted octanol–water partition coefficient (Wildman–Crippen LogP) is 4.28. The molecule has 0 bridgehead atoms. The lowest BCUT2D eigenvalue weighted by Crippen LogP contribution is -2.03. The number of benzene rings is 1. The van der Waals surface area contributed by atoms with Crippen LogP contribution in [0.25, 0.3) is 17.1 Å². The highest BCUT2D eigenvalue weighted by atomic mass is 32.2. The summed E-state index contributed by atoms with van der Waals surface area (Å²) in [6.45, 7) is 3.87. The summed E-state index contributed by atoms with van der Waals surface area (Å²) in [5.74, 6) is 0.240. The standard InChI is InChI=1S/C20H17FN6S/c1-3-15-17(21)19(24-12-23-15)28-20-26-25-18(14-8-10-22-11-9-14)27(20)16-7-5-4-6-13(16)2/h4-12H,3H2,1-2H3. The fourth-order valence-electron chi connectivity index (χ4n) is 2.85. The summed E-state index contributed by atoms with van der Waals surface area (Å²) >= 11 is 1.14. The van der Waals surface area contributed by atoms with Crippen molar-refractivity contribution in [2.75, 3.05) is 0 Å². The Hall–Kier alpha value is -3.13. The quantitative estimate of drug-likeness (QED) is 0.472. The molecule has 6 nitrogen and oxygen atoms in total. The minimum absolute atomic E-state index is 0.232. The monoisotopic (exact) mass is 392 g/mol. The zero-order valence-corrected chi connectivity index (χ0v) is 16.2. The molecule has 0 radical (unpaired) electrons. The summed E-state index contributed by atoms with van der Waals surface area (Å²) in [5, 5.41) is 9.46. The fourth-order valence-corrected chi connectivity index (χ4v) is 3.69. The Kier molecular flexibility index (Phi) is 5.12. The van der Waals surface area contributed by atoms with Gasteiger partial charge in [0.1, 0.15) is 11.4 Å². The SMILES string of the molecule is CCc1ncnc(Sc2nnc(-c3ccncc3)n2-c2ccccc2C)c1F. The van der Waals surface area contributed by atoms with Gasteiger partial charge in [-0.3, -0.25) is 9.55 Å². The van der Waals surface area contributed by atoms with Gasteiger partial charge in [-0.15, -0.1) is 10.2 Å². The van der Waals surface area contributed by atoms with E-state index in [1.807, 2.05) is 54.8 Å². The molecule has 8 heteroatoms. The van der Waals surface area contributed by atoms with E-state index >= 15 is 0 Å². The van der Waals surface area contributed by atoms with Crippen LogP contribution >= 0.6 is 11.8 Å². The predicted molar refractivity (Wildman–Crippen MR) is 105 cm³/mol. The van der Waals surface area contributed by atoms with Gasteiger partial charge in [0.15, 0.2) is 11.6 Å². The molecule has 0 saturated heterocycles. The molecule has 0 aliphatic rings. The molecule has 0 aliphatic heterocycles. The third-order valence-electron chi connectivity index (χ3n) is 4.28. The minimum atomic E-state index is -0.417. The number of aryl methyl sites for hydroxylation is 2. The highest BCUT2D eigenvalue weighted by molar-refractivity contribution is 7.99. The van der Waals surface area contributed by atoms with Gasteiger partial charge in [0.05, 0.1) is 11.4 Å². The molecule has 3 aromatic heterocycles. The molecule has 3 heterocycles. The average molecular weight is 392 g/mol. The molecular formula is C20H17FN6S. The van der Waals surface area contributed by atoms with Crippen molar-refractivity contribution in [3.05, 3.63) is 72.2 Å². The van der Waals surface area contributed by atoms with Crippen LogP contribution in [0.4, 0.5) is 4.39 Å². The lowest BCUT2D eigenvalue weighted by molar-refractivity contribution is 0.559. The van der Waals surface area contributed by atoms with E-state index in [-0.39, 0.29) is 5.03 Å². The molecule has 0 aliphatic carbocycles. The van der Waals surface area contributed by atoms with Crippen molar-refractivity contribution in [2.24, 2.45) is 0 Å². The Morgan fingerprint density at radius 3 is 2.57 bits per heavy atom. The molecule has 0 unspecified atom stereocenters. The fraction of sp³-hybridized carbons (Fsp3) is 0.150. The van der Waals surface area contributed by atoms with Crippen LogP contribution in [-0.4, -0.2) is 29.7 Å². The van der Waals surface area contributed by atoms with E-state index in [0.29, 0.717) is 23.1 Å². The van der Waals surface area contributed by atoms with E-state index in [4.69, 9.17) is 0 Å². The molecule has 0 fully saturated rings. The summed E-state index contributed by atoms with van der Waals surface area (Å²) in [7, 11) is 0. The highest BCUT2D eigenvalue weighted by Gasteiger charge is 2.20. The molecule has 1 aromatic carbocycles. The smallest absolute Gasteiger partial charge is 0.202 e. The number of para-hydroxylation sites is 1. The van der Waals surface area contributed by atoms with Gasteiger partial charge in [0.2, 0.25) is 5.16 Å². The van der Waals surface area contributed by atoms with E-state index in [9.17, 15) is 4.39 Å². The normalized spacial score (nSPS) is 11.0. The lowest BCUT2D eigenvalue weighted by atomic mass is 10.2. The van der Waals surface area contributed by atoms with Crippen molar-refractivity contribution >= 4 is 11.8 Å². The maximum Gasteiger partial charge on any atom is 0.202 e. The van der Waals surface area contributed by atoms with Crippen molar-refractivity contribution in [1.82, 2.24) is 29.7 Å². The molecule has 0 saturated carbocycles. The molecule has 0 spiro atoms. The second-order valence-electron chi connectivity index (χ2n) is 6.06. The summed E-state index contributed by atoms with van der Waals surface area (Å²) in [4.78, 5) is 12.2. The summed E-state index contributed by atoms with van der Waals surface area (Å²) < 4.78 is 16.6. The van der Waals surface area contributed by atoms with Gasteiger partial charge in [-0.05, 0) is 48.9 Å². The zero-order chi connectivity index (χ0) is 19.5. The van der Waals surface area contributed by atoms with E-state index in [1.54, 1.807) is 12.4 Å². The first-order valence-electron chi connectivity index (χ1n) is 8.78. The summed E-state index contributed by atoms with van der Waals surface area (Å²) in [6.07, 6.45) is 5.28. The first-order valence-corrected chi connectivity index (χ1v) is 9.59. The lowest BCUT2D eigenvalue weighted by Gasteiger charge is -2.13. The maximum absolute atomic E-state index is 14.7. The van der Waals surface area contributed by atoms with Gasteiger partial charge in [-0.25, -0.2) is 14.4 Å². The Labute approximate surface area is 165 Å². The number of hydrogen-bond acceptors (Lipinski definition) is 6. The first kappa shape index (κ1) is 18.2. The number of hydrogen-bond donors (Lipinski definition) is 0. The van der Waals surface area contributed by atoms with Crippen molar-refractivity contribution in [3.63, 3.8) is 0 Å². The Morgan fingerprint density at radius 2 is 1.82 bits per heavy atom. The van der Waals surface area contributed by atoms with Crippen LogP contribution in [0.2, 0.25) is 0 Å². The second kappa shape index (κ2) is 7.85. The largest absolute Gasteiger partial charge is 0.269 e. The molecule has 0 N–H and O–H groups in total. The summed E-state index contributed by atoms with van der Waals surface area (Å²) in [6, 6.07) is 11.7. The Bertz CT molecular complexity index is 1110. The van der Waals surface area contributed by atoms with Gasteiger partial charge in [-0.2, -0.15) is 0 Å². The summed E-state index contributed by atoms with van der Waals surface area (Å²) in [5.41, 5.74) is 3.23. The highest BCUT2D eigenvalue weighted by Crippen LogP contribution is 2.33. The first-order chi connectivity index (χ1) is 13.7. The van der Waals surface area contributed by atoms with Gasteiger partial charge in [0, 0.05) is 18.0 Å². The van der Waals surface area contributed by atoms with Crippen LogP contribution in [-0.2, 0) is 6.42 Å². The van der Waals surface area contributed by atoms with Crippen LogP contribution in [0, 0.1) is 12.7 Å². The maximum atomic E-state index is 14.7. The topological polar surface area (TPSA) is 69.4 Å². The Balaban J connectivity index is 1.87. The third-order valence-corrected chi connectivity index (χ3v) is 5.21. The average Bonchev–Trinajstić information content (AvgIpc) is 3.14. The molecule has 0 atom stereocenters. The van der Waals surface area contributed by atoms with E-state index in [2.05, 4.69) is 25.1 Å². The van der Waals surface area contributed by atoms with E-state index < -0.39 is 5.82 Å². The number of nitrogens with zero attached hydrogens (tertiary/aromatic N) is 6. The number of aromatic nitrogens is 6. The van der Waals surface area contributed by atoms with Gasteiger partial charge < -0.3 is 0 Å². The molecular weight excluding hydrogens is 375 g/mol. The number of halogens is 1. The molecule has 4 aromatic rings. The molecule has 140 valence electrons. The van der Waals surface area contributed by atoms with Crippen molar-refractivity contribution in [1.29, 1.82) is 0 Å². The van der Waals surface area contributed by atoms with Crippen molar-refractivity contribution in [2.45, 2.75) is 30.5 Å². The molecule has 0 amide bonds. The van der Waals surface area contributed by atoms with Crippen molar-refractivity contribution < 1.29 is 4.39 Å². The molecule has 4 rings (SSSR count). The second-order valence-corrected chi connectivity index (χ2v) is 7.02. The van der Waals surface area contributed by atoms with Gasteiger partial charge in [-0.1, -0.05) is 25.1 Å².